The van der Waals surface area contributed by atoms with Crippen molar-refractivity contribution in [3.63, 3.8) is 0 Å². The minimum atomic E-state index is -3.68. The Hall–Kier alpha value is -2.21. The summed E-state index contributed by atoms with van der Waals surface area (Å²) in [6, 6.07) is 6.05. The summed E-state index contributed by atoms with van der Waals surface area (Å²) in [6.07, 6.45) is 4.86. The van der Waals surface area contributed by atoms with E-state index in [9.17, 15) is 13.2 Å². The molecule has 1 aromatic heterocycles. The predicted octanol–water partition coefficient (Wildman–Crippen LogP) is 5.02. The fourth-order valence-electron chi connectivity index (χ4n) is 5.37. The Bertz CT molecular complexity index is 1220. The molecule has 0 radical (unpaired) electrons. The quantitative estimate of drug-likeness (QED) is 0.344. The van der Waals surface area contributed by atoms with Crippen molar-refractivity contribution in [1.82, 2.24) is 19.9 Å². The highest BCUT2D eigenvalue weighted by molar-refractivity contribution is 7.89. The summed E-state index contributed by atoms with van der Waals surface area (Å²) < 4.78 is 34.3. The molecule has 216 valence electrons. The summed E-state index contributed by atoms with van der Waals surface area (Å²) in [5.74, 6) is 0.927. The molecule has 1 saturated heterocycles. The third-order valence-electron chi connectivity index (χ3n) is 7.09. The van der Waals surface area contributed by atoms with E-state index in [1.54, 1.807) is 30.5 Å². The van der Waals surface area contributed by atoms with Gasteiger partial charge < -0.3 is 15.4 Å². The Morgan fingerprint density at radius 2 is 1.85 bits per heavy atom. The Morgan fingerprint density at radius 3 is 2.49 bits per heavy atom. The van der Waals surface area contributed by atoms with Gasteiger partial charge in [-0.2, -0.15) is 0 Å². The number of alkyl carbamates (subject to hydrolysis) is 1. The second kappa shape index (κ2) is 13.0. The van der Waals surface area contributed by atoms with Crippen LogP contribution < -0.4 is 15.4 Å². The molecule has 2 aromatic rings. The molecule has 1 saturated carbocycles. The van der Waals surface area contributed by atoms with Crippen molar-refractivity contribution in [2.24, 2.45) is 5.92 Å². The van der Waals surface area contributed by atoms with E-state index in [-0.39, 0.29) is 23.1 Å². The summed E-state index contributed by atoms with van der Waals surface area (Å²) in [5.41, 5.74) is 1.49. The number of benzene rings is 1. The largest absolute Gasteiger partial charge is 0.447 e. The van der Waals surface area contributed by atoms with Gasteiger partial charge in [0.05, 0.1) is 26.9 Å². The van der Waals surface area contributed by atoms with Crippen LogP contribution in [0.25, 0.3) is 10.4 Å². The van der Waals surface area contributed by atoms with E-state index >= 15 is 0 Å². The van der Waals surface area contributed by atoms with Gasteiger partial charge in [0.1, 0.15) is 0 Å². The van der Waals surface area contributed by atoms with Crippen LogP contribution in [-0.4, -0.2) is 68.8 Å². The van der Waals surface area contributed by atoms with E-state index in [2.05, 4.69) is 34.1 Å². The third kappa shape index (κ3) is 7.93. The fraction of sp³-hybridized carbons (Fsp3) is 0.643. The molecule has 1 aromatic carbocycles. The second-order valence-electron chi connectivity index (χ2n) is 11.4. The van der Waals surface area contributed by atoms with Gasteiger partial charge in [0.25, 0.3) is 0 Å². The number of thiazole rings is 1. The number of nitrogens with zero attached hydrogens (tertiary/aromatic N) is 2. The Morgan fingerprint density at radius 1 is 1.13 bits per heavy atom. The van der Waals surface area contributed by atoms with Gasteiger partial charge >= 0.3 is 6.09 Å². The molecule has 0 spiro atoms. The molecule has 2 heterocycles. The second-order valence-corrected chi connectivity index (χ2v) is 14.2. The van der Waals surface area contributed by atoms with Gasteiger partial charge in [-0.25, -0.2) is 22.9 Å². The average Bonchev–Trinajstić information content (AvgIpc) is 3.32. The van der Waals surface area contributed by atoms with Gasteiger partial charge in [-0.3, -0.25) is 4.90 Å². The standard InChI is InChI=1S/C28H43N5O4S2/c1-6-30-39(35,36)26-13-22(31-23-16-33(17-23)15-18(2)3)11-12-24(26)25-14-29-27(38-25)20-7-9-21(10-8-20)32-28(34)37-19(4)5/h11-14,18-21,23,30-31H,6-10,15-17H2,1-5H3,(H,32,34)/t20-,21-. The molecule has 0 bridgehead atoms. The normalized spacial score (nSPS) is 20.7. The fourth-order valence-corrected chi connectivity index (χ4v) is 7.84. The van der Waals surface area contributed by atoms with Gasteiger partial charge in [0, 0.05) is 55.6 Å². The van der Waals surface area contributed by atoms with Crippen molar-refractivity contribution in [1.29, 1.82) is 0 Å². The maximum atomic E-state index is 13.2. The van der Waals surface area contributed by atoms with E-state index in [1.807, 2.05) is 26.0 Å². The average molecular weight is 578 g/mol. The van der Waals surface area contributed by atoms with Crippen LogP contribution in [0, 0.1) is 5.92 Å². The van der Waals surface area contributed by atoms with E-state index in [0.29, 0.717) is 30.0 Å². The molecule has 2 fully saturated rings. The van der Waals surface area contributed by atoms with Crippen molar-refractivity contribution in [3.05, 3.63) is 29.4 Å². The number of carbonyl (C=O) groups is 1. The molecule has 1 amide bonds. The molecule has 0 unspecified atom stereocenters. The summed E-state index contributed by atoms with van der Waals surface area (Å²) >= 11 is 1.56. The van der Waals surface area contributed by atoms with Gasteiger partial charge in [-0.1, -0.05) is 26.8 Å². The molecule has 39 heavy (non-hydrogen) atoms. The summed E-state index contributed by atoms with van der Waals surface area (Å²) in [4.78, 5) is 20.2. The van der Waals surface area contributed by atoms with Crippen LogP contribution in [0.15, 0.2) is 29.3 Å². The van der Waals surface area contributed by atoms with Gasteiger partial charge in [0.2, 0.25) is 10.0 Å². The van der Waals surface area contributed by atoms with Crippen LogP contribution in [0.3, 0.4) is 0 Å². The first-order valence-electron chi connectivity index (χ1n) is 14.1. The molecule has 0 atom stereocenters. The molecule has 11 heteroatoms. The number of hydrogen-bond acceptors (Lipinski definition) is 8. The number of anilines is 1. The maximum Gasteiger partial charge on any atom is 0.407 e. The number of sulfonamides is 1. The zero-order valence-electron chi connectivity index (χ0n) is 23.7. The van der Waals surface area contributed by atoms with E-state index in [0.717, 1.165) is 60.9 Å². The van der Waals surface area contributed by atoms with Crippen LogP contribution in [0.5, 0.6) is 0 Å². The number of rotatable bonds is 11. The Balaban J connectivity index is 1.45. The monoisotopic (exact) mass is 577 g/mol. The number of ether oxygens (including phenoxy) is 1. The van der Waals surface area contributed by atoms with Crippen LogP contribution in [0.2, 0.25) is 0 Å². The molecule has 9 nitrogen and oxygen atoms in total. The minimum Gasteiger partial charge on any atom is -0.447 e. The highest BCUT2D eigenvalue weighted by Gasteiger charge is 2.29. The van der Waals surface area contributed by atoms with Crippen LogP contribution in [0.4, 0.5) is 10.5 Å². The highest BCUT2D eigenvalue weighted by Crippen LogP contribution is 2.40. The topological polar surface area (TPSA) is 113 Å². The number of likely N-dealkylation sites (tertiary alicyclic amines) is 1. The van der Waals surface area contributed by atoms with Crippen molar-refractivity contribution in [3.8, 4) is 10.4 Å². The smallest absolute Gasteiger partial charge is 0.407 e. The lowest BCUT2D eigenvalue weighted by atomic mass is 9.86. The lowest BCUT2D eigenvalue weighted by Crippen LogP contribution is -2.55. The van der Waals surface area contributed by atoms with E-state index in [4.69, 9.17) is 9.72 Å². The van der Waals surface area contributed by atoms with Crippen molar-refractivity contribution in [2.75, 3.05) is 31.5 Å². The number of carbonyl (C=O) groups excluding carboxylic acids is 1. The predicted molar refractivity (Wildman–Crippen MR) is 157 cm³/mol. The Labute approximate surface area is 237 Å². The van der Waals surface area contributed by atoms with Crippen LogP contribution >= 0.6 is 11.3 Å². The maximum absolute atomic E-state index is 13.2. The zero-order chi connectivity index (χ0) is 28.2. The summed E-state index contributed by atoms with van der Waals surface area (Å²) in [5, 5.41) is 7.50. The van der Waals surface area contributed by atoms with Crippen LogP contribution in [0.1, 0.15) is 71.2 Å². The number of hydrogen-bond donors (Lipinski definition) is 3. The Kier molecular flexibility index (Phi) is 9.90. The molecule has 1 aliphatic heterocycles. The van der Waals surface area contributed by atoms with Crippen molar-refractivity contribution < 1.29 is 17.9 Å². The molecular formula is C28H43N5O4S2. The lowest BCUT2D eigenvalue weighted by molar-refractivity contribution is 0.109. The van der Waals surface area contributed by atoms with Gasteiger partial charge in [-0.05, 0) is 57.6 Å². The number of nitrogens with one attached hydrogen (secondary N) is 3. The number of aromatic nitrogens is 1. The molecule has 1 aliphatic carbocycles. The summed E-state index contributed by atoms with van der Waals surface area (Å²) in [6.45, 7) is 13.2. The highest BCUT2D eigenvalue weighted by atomic mass is 32.2. The van der Waals surface area contributed by atoms with Gasteiger partial charge in [-0.15, -0.1) is 11.3 Å². The first-order chi connectivity index (χ1) is 18.5. The lowest BCUT2D eigenvalue weighted by Gasteiger charge is -2.41. The van der Waals surface area contributed by atoms with E-state index < -0.39 is 10.0 Å². The first-order valence-corrected chi connectivity index (χ1v) is 16.4. The molecule has 4 rings (SSSR count). The van der Waals surface area contributed by atoms with E-state index in [1.165, 1.54) is 0 Å². The van der Waals surface area contributed by atoms with Crippen LogP contribution in [-0.2, 0) is 14.8 Å². The molecule has 3 N–H and O–H groups in total. The zero-order valence-corrected chi connectivity index (χ0v) is 25.3. The van der Waals surface area contributed by atoms with Crippen molar-refractivity contribution in [2.45, 2.75) is 89.3 Å². The SMILES string of the molecule is CCNS(=O)(=O)c1cc(NC2CN(CC(C)C)C2)ccc1-c1cnc([C@H]2CC[C@H](NC(=O)OC(C)C)CC2)s1. The minimum absolute atomic E-state index is 0.108. The molecular weight excluding hydrogens is 534 g/mol. The third-order valence-corrected chi connectivity index (χ3v) is 9.87. The first kappa shape index (κ1) is 29.8. The number of amides is 1. The van der Waals surface area contributed by atoms with Gasteiger partial charge in [0.15, 0.2) is 0 Å². The van der Waals surface area contributed by atoms with Crippen molar-refractivity contribution >= 4 is 33.1 Å². The molecule has 2 aliphatic rings. The summed E-state index contributed by atoms with van der Waals surface area (Å²) in [7, 11) is -3.68.